The lowest BCUT2D eigenvalue weighted by Crippen LogP contribution is -2.49. The van der Waals surface area contributed by atoms with Crippen LogP contribution in [-0.2, 0) is 0 Å². The van der Waals surface area contributed by atoms with E-state index in [1.807, 2.05) is 43.3 Å². The number of carbonyl (C=O) groups excluding carboxylic acids is 1. The molecule has 0 fully saturated rings. The number of carbonyl (C=O) groups is 1. The maximum Gasteiger partial charge on any atom is 0.253 e. The van der Waals surface area contributed by atoms with Crippen molar-refractivity contribution in [1.82, 2.24) is 5.32 Å². The van der Waals surface area contributed by atoms with Gasteiger partial charge in [-0.05, 0) is 65.4 Å². The summed E-state index contributed by atoms with van der Waals surface area (Å²) in [6.07, 6.45) is -0.875. The van der Waals surface area contributed by atoms with Gasteiger partial charge in [-0.25, -0.2) is 0 Å². The minimum Gasteiger partial charge on any atom is -0.362 e. The summed E-state index contributed by atoms with van der Waals surface area (Å²) in [6.45, 7) is 1.85. The Kier molecular flexibility index (Phi) is 6.42. The Morgan fingerprint density at radius 2 is 1.70 bits per heavy atom. The third-order valence-corrected chi connectivity index (χ3v) is 4.52. The highest BCUT2D eigenvalue weighted by molar-refractivity contribution is 14.1. The lowest BCUT2D eigenvalue weighted by Gasteiger charge is -2.27. The molecule has 122 valence electrons. The summed E-state index contributed by atoms with van der Waals surface area (Å²) in [4.78, 5) is 12.4. The fraction of sp³-hybridized carbons (Fsp3) is 0.188. The standard InChI is InChI=1S/C16H14Cl3IN2O/c1-10-4-2-3-5-13(10)14(23)22-15(16(17,18)19)21-12-8-6-11(20)7-9-12/h2-9,15,21H,1H3,(H,22,23)/t15-/m1/s1. The number of halogens is 4. The number of benzene rings is 2. The second kappa shape index (κ2) is 7.92. The summed E-state index contributed by atoms with van der Waals surface area (Å²) in [5.74, 6) is -0.308. The highest BCUT2D eigenvalue weighted by atomic mass is 127. The van der Waals surface area contributed by atoms with Crippen LogP contribution in [-0.4, -0.2) is 15.9 Å². The molecular weight excluding hydrogens is 469 g/mol. The monoisotopic (exact) mass is 482 g/mol. The molecule has 0 aliphatic carbocycles. The van der Waals surface area contributed by atoms with Crippen molar-refractivity contribution in [3.8, 4) is 0 Å². The predicted octanol–water partition coefficient (Wildman–Crippen LogP) is 5.14. The second-order valence-electron chi connectivity index (χ2n) is 4.91. The predicted molar refractivity (Wildman–Crippen MR) is 106 cm³/mol. The zero-order valence-electron chi connectivity index (χ0n) is 12.1. The molecule has 23 heavy (non-hydrogen) atoms. The van der Waals surface area contributed by atoms with Crippen LogP contribution < -0.4 is 10.6 Å². The van der Waals surface area contributed by atoms with E-state index in [1.165, 1.54) is 0 Å². The maximum atomic E-state index is 12.4. The lowest BCUT2D eigenvalue weighted by molar-refractivity contribution is 0.0941. The molecule has 2 N–H and O–H groups in total. The molecule has 7 heteroatoms. The van der Waals surface area contributed by atoms with Crippen LogP contribution in [0.4, 0.5) is 5.69 Å². The fourth-order valence-corrected chi connectivity index (χ4v) is 2.64. The van der Waals surface area contributed by atoms with Crippen molar-refractivity contribution in [2.45, 2.75) is 16.9 Å². The van der Waals surface area contributed by atoms with E-state index >= 15 is 0 Å². The summed E-state index contributed by atoms with van der Waals surface area (Å²) in [7, 11) is 0. The average molecular weight is 484 g/mol. The molecule has 0 saturated heterocycles. The Balaban J connectivity index is 2.18. The van der Waals surface area contributed by atoms with E-state index in [9.17, 15) is 4.79 Å². The van der Waals surface area contributed by atoms with Gasteiger partial charge < -0.3 is 10.6 Å². The normalized spacial score (nSPS) is 12.6. The first-order valence-corrected chi connectivity index (χ1v) is 8.94. The van der Waals surface area contributed by atoms with Gasteiger partial charge in [0.1, 0.15) is 6.17 Å². The van der Waals surface area contributed by atoms with Crippen molar-refractivity contribution in [3.63, 3.8) is 0 Å². The fourth-order valence-electron chi connectivity index (χ4n) is 1.95. The molecule has 2 aromatic carbocycles. The SMILES string of the molecule is Cc1ccccc1C(=O)N[C@@H](Nc1ccc(I)cc1)C(Cl)(Cl)Cl. The molecular formula is C16H14Cl3IN2O. The van der Waals surface area contributed by atoms with Crippen LogP contribution in [0, 0.1) is 10.5 Å². The summed E-state index contributed by atoms with van der Waals surface area (Å²) in [6, 6.07) is 14.8. The molecule has 0 heterocycles. The molecule has 0 aliphatic heterocycles. The van der Waals surface area contributed by atoms with Gasteiger partial charge in [0.2, 0.25) is 3.79 Å². The first-order chi connectivity index (χ1) is 10.8. The topological polar surface area (TPSA) is 41.1 Å². The van der Waals surface area contributed by atoms with Gasteiger partial charge in [-0.1, -0.05) is 53.0 Å². The van der Waals surface area contributed by atoms with Gasteiger partial charge in [-0.15, -0.1) is 0 Å². The molecule has 2 aromatic rings. The summed E-state index contributed by atoms with van der Waals surface area (Å²) < 4.78 is -0.621. The van der Waals surface area contributed by atoms with E-state index in [0.29, 0.717) is 5.56 Å². The second-order valence-corrected chi connectivity index (χ2v) is 8.53. The largest absolute Gasteiger partial charge is 0.362 e. The van der Waals surface area contributed by atoms with Gasteiger partial charge in [-0.2, -0.15) is 0 Å². The summed E-state index contributed by atoms with van der Waals surface area (Å²) in [5, 5.41) is 5.76. The Hall–Kier alpha value is -0.690. The van der Waals surface area contributed by atoms with Gasteiger partial charge in [-0.3, -0.25) is 4.79 Å². The molecule has 0 radical (unpaired) electrons. The number of anilines is 1. The van der Waals surface area contributed by atoms with Crippen molar-refractivity contribution in [2.24, 2.45) is 0 Å². The van der Waals surface area contributed by atoms with E-state index in [-0.39, 0.29) is 5.91 Å². The zero-order chi connectivity index (χ0) is 17.0. The number of amides is 1. The van der Waals surface area contributed by atoms with Crippen LogP contribution in [0.5, 0.6) is 0 Å². The van der Waals surface area contributed by atoms with E-state index in [4.69, 9.17) is 34.8 Å². The summed E-state index contributed by atoms with van der Waals surface area (Å²) in [5.41, 5.74) is 2.13. The van der Waals surface area contributed by atoms with Crippen LogP contribution in [0.3, 0.4) is 0 Å². The molecule has 1 atom stereocenters. The van der Waals surface area contributed by atoms with Crippen molar-refractivity contribution in [3.05, 3.63) is 63.2 Å². The molecule has 1 amide bonds. The number of nitrogens with one attached hydrogen (secondary N) is 2. The Bertz CT molecular complexity index is 686. The third kappa shape index (κ3) is 5.41. The van der Waals surface area contributed by atoms with E-state index in [1.54, 1.807) is 12.1 Å². The molecule has 0 saturated carbocycles. The number of alkyl halides is 3. The van der Waals surface area contributed by atoms with Gasteiger partial charge in [0.15, 0.2) is 0 Å². The van der Waals surface area contributed by atoms with Crippen LogP contribution in [0.15, 0.2) is 48.5 Å². The zero-order valence-corrected chi connectivity index (χ0v) is 16.5. The smallest absolute Gasteiger partial charge is 0.253 e. The highest BCUT2D eigenvalue weighted by Gasteiger charge is 2.34. The first-order valence-electron chi connectivity index (χ1n) is 6.72. The first kappa shape index (κ1) is 18.6. The third-order valence-electron chi connectivity index (χ3n) is 3.15. The molecule has 0 aliphatic rings. The maximum absolute atomic E-state index is 12.4. The van der Waals surface area contributed by atoms with Crippen LogP contribution >= 0.6 is 57.4 Å². The molecule has 3 nitrogen and oxygen atoms in total. The Morgan fingerprint density at radius 1 is 1.09 bits per heavy atom. The number of hydrogen-bond acceptors (Lipinski definition) is 2. The molecule has 0 spiro atoms. The highest BCUT2D eigenvalue weighted by Crippen LogP contribution is 2.31. The minimum absolute atomic E-state index is 0.308. The quantitative estimate of drug-likeness (QED) is 0.359. The number of hydrogen-bond donors (Lipinski definition) is 2. The van der Waals surface area contributed by atoms with Gasteiger partial charge >= 0.3 is 0 Å². The van der Waals surface area contributed by atoms with E-state index < -0.39 is 9.96 Å². The van der Waals surface area contributed by atoms with Crippen LogP contribution in [0.2, 0.25) is 0 Å². The van der Waals surface area contributed by atoms with Crippen molar-refractivity contribution >= 4 is 69.0 Å². The Labute approximate surface area is 163 Å². The van der Waals surface area contributed by atoms with Crippen LogP contribution in [0.25, 0.3) is 0 Å². The molecule has 0 unspecified atom stereocenters. The van der Waals surface area contributed by atoms with Crippen LogP contribution in [0.1, 0.15) is 15.9 Å². The van der Waals surface area contributed by atoms with Gasteiger partial charge in [0.05, 0.1) is 0 Å². The molecule has 2 rings (SSSR count). The molecule has 0 bridgehead atoms. The summed E-state index contributed by atoms with van der Waals surface area (Å²) >= 11 is 20.2. The number of aryl methyl sites for hydroxylation is 1. The molecule has 0 aromatic heterocycles. The minimum atomic E-state index is -1.71. The number of rotatable bonds is 4. The van der Waals surface area contributed by atoms with E-state index in [0.717, 1.165) is 14.8 Å². The average Bonchev–Trinajstić information content (AvgIpc) is 2.48. The van der Waals surface area contributed by atoms with Crippen molar-refractivity contribution in [1.29, 1.82) is 0 Å². The Morgan fingerprint density at radius 3 is 2.26 bits per heavy atom. The van der Waals surface area contributed by atoms with E-state index in [2.05, 4.69) is 33.2 Å². The van der Waals surface area contributed by atoms with Crippen molar-refractivity contribution < 1.29 is 4.79 Å². The van der Waals surface area contributed by atoms with Crippen molar-refractivity contribution in [2.75, 3.05) is 5.32 Å². The van der Waals surface area contributed by atoms with Gasteiger partial charge in [0.25, 0.3) is 5.91 Å². The lowest BCUT2D eigenvalue weighted by atomic mass is 10.1. The van der Waals surface area contributed by atoms with Gasteiger partial charge in [0, 0.05) is 14.8 Å².